The number of carbonyl (C=O) groups is 1. The summed E-state index contributed by atoms with van der Waals surface area (Å²) in [4.78, 5) is 10.3. The maximum absolute atomic E-state index is 10.3. The molecule has 0 heterocycles. The predicted octanol–water partition coefficient (Wildman–Crippen LogP) is -0.388. The monoisotopic (exact) mass is 168 g/mol. The molecule has 1 aromatic rings. The molecule has 5 heteroatoms. The van der Waals surface area contributed by atoms with Crippen LogP contribution in [0.2, 0.25) is 0 Å². The van der Waals surface area contributed by atoms with E-state index in [1.807, 2.05) is 0 Å². The van der Waals surface area contributed by atoms with Gasteiger partial charge in [-0.3, -0.25) is 0 Å². The molecular formula is C7H9BO4. The van der Waals surface area contributed by atoms with Crippen LogP contribution >= 0.6 is 0 Å². The van der Waals surface area contributed by atoms with Gasteiger partial charge in [-0.25, -0.2) is 4.79 Å². The fourth-order valence-electron chi connectivity index (χ4n) is 0.704. The molecule has 1 rings (SSSR count). The van der Waals surface area contributed by atoms with E-state index < -0.39 is 17.5 Å². The van der Waals surface area contributed by atoms with Crippen LogP contribution in [0.3, 0.4) is 0 Å². The molecule has 0 unspecified atom stereocenters. The van der Waals surface area contributed by atoms with E-state index in [0.717, 1.165) is 0 Å². The lowest BCUT2D eigenvalue weighted by atomic mass is 10.2. The SMILES string of the molecule is B.O=C(O)c1cccc(O)c1O. The molecule has 0 atom stereocenters. The Hall–Kier alpha value is -1.65. The highest BCUT2D eigenvalue weighted by Gasteiger charge is 2.11. The first-order valence-electron chi connectivity index (χ1n) is 2.87. The maximum atomic E-state index is 10.3. The zero-order valence-electron chi connectivity index (χ0n) is 5.48. The standard InChI is InChI=1S/C7H6O4.BH3/c8-5-3-1-2-4(6(5)9)7(10)11;/h1-3,8-9H,(H,10,11);1H3. The molecule has 12 heavy (non-hydrogen) atoms. The third kappa shape index (κ3) is 1.69. The Labute approximate surface area is 70.7 Å². The van der Waals surface area contributed by atoms with Crippen LogP contribution in [0.4, 0.5) is 0 Å². The zero-order valence-corrected chi connectivity index (χ0v) is 5.48. The number of benzene rings is 1. The van der Waals surface area contributed by atoms with Crippen LogP contribution in [0.5, 0.6) is 11.5 Å². The van der Waals surface area contributed by atoms with Crippen LogP contribution in [0, 0.1) is 0 Å². The summed E-state index contributed by atoms with van der Waals surface area (Å²) in [6.07, 6.45) is 0. The molecule has 0 aliphatic rings. The minimum Gasteiger partial charge on any atom is -0.504 e. The lowest BCUT2D eigenvalue weighted by Crippen LogP contribution is -1.95. The Balaban J connectivity index is 0.00000121. The second kappa shape index (κ2) is 3.66. The van der Waals surface area contributed by atoms with Crippen molar-refractivity contribution in [2.75, 3.05) is 0 Å². The van der Waals surface area contributed by atoms with Gasteiger partial charge >= 0.3 is 5.97 Å². The normalized spacial score (nSPS) is 8.67. The Morgan fingerprint density at radius 2 is 1.83 bits per heavy atom. The molecule has 0 fully saturated rings. The highest BCUT2D eigenvalue weighted by Crippen LogP contribution is 2.27. The van der Waals surface area contributed by atoms with E-state index in [-0.39, 0.29) is 14.0 Å². The van der Waals surface area contributed by atoms with Crippen molar-refractivity contribution in [3.63, 3.8) is 0 Å². The average Bonchev–Trinajstić information content (AvgIpc) is 1.94. The number of para-hydroxylation sites is 1. The van der Waals surface area contributed by atoms with Crippen molar-refractivity contribution in [1.29, 1.82) is 0 Å². The van der Waals surface area contributed by atoms with Gasteiger partial charge in [0.1, 0.15) is 5.56 Å². The van der Waals surface area contributed by atoms with Crippen LogP contribution in [-0.2, 0) is 0 Å². The summed E-state index contributed by atoms with van der Waals surface area (Å²) in [5.41, 5.74) is -0.301. The Kier molecular flexibility index (Phi) is 3.16. The Morgan fingerprint density at radius 1 is 1.25 bits per heavy atom. The van der Waals surface area contributed by atoms with E-state index >= 15 is 0 Å². The van der Waals surface area contributed by atoms with Gasteiger partial charge in [0.25, 0.3) is 0 Å². The molecule has 3 N–H and O–H groups in total. The summed E-state index contributed by atoms with van der Waals surface area (Å²) in [6, 6.07) is 3.76. The predicted molar refractivity (Wildman–Crippen MR) is 46.7 cm³/mol. The van der Waals surface area contributed by atoms with Crippen LogP contribution in [0.1, 0.15) is 10.4 Å². The van der Waals surface area contributed by atoms with Gasteiger partial charge in [0.2, 0.25) is 0 Å². The molecule has 0 aliphatic heterocycles. The van der Waals surface area contributed by atoms with Crippen molar-refractivity contribution in [1.82, 2.24) is 0 Å². The quantitative estimate of drug-likeness (QED) is 0.394. The molecule has 0 aliphatic carbocycles. The third-order valence-corrected chi connectivity index (χ3v) is 1.25. The van der Waals surface area contributed by atoms with Crippen LogP contribution in [0.15, 0.2) is 18.2 Å². The number of hydrogen-bond donors (Lipinski definition) is 3. The molecule has 64 valence electrons. The number of carboxylic acid groups (broad SMARTS) is 1. The topological polar surface area (TPSA) is 77.8 Å². The summed E-state index contributed by atoms with van der Waals surface area (Å²) in [5, 5.41) is 26.2. The van der Waals surface area contributed by atoms with Gasteiger partial charge < -0.3 is 15.3 Å². The van der Waals surface area contributed by atoms with Crippen LogP contribution < -0.4 is 0 Å². The summed E-state index contributed by atoms with van der Waals surface area (Å²) in [7, 11) is 0. The highest BCUT2D eigenvalue weighted by molar-refractivity contribution is 5.91. The number of aromatic hydroxyl groups is 2. The highest BCUT2D eigenvalue weighted by atomic mass is 16.4. The fraction of sp³-hybridized carbons (Fsp3) is 0. The zero-order chi connectivity index (χ0) is 8.43. The molecule has 0 saturated heterocycles. The van der Waals surface area contributed by atoms with Crippen molar-refractivity contribution in [2.45, 2.75) is 0 Å². The largest absolute Gasteiger partial charge is 0.504 e. The number of aromatic carboxylic acids is 1. The van der Waals surface area contributed by atoms with Crippen molar-refractivity contribution in [3.8, 4) is 11.5 Å². The van der Waals surface area contributed by atoms with Gasteiger partial charge in [-0.1, -0.05) is 6.07 Å². The summed E-state index contributed by atoms with van der Waals surface area (Å²) in [5.74, 6) is -2.29. The number of phenols is 2. The van der Waals surface area contributed by atoms with Crippen molar-refractivity contribution >= 4 is 14.4 Å². The van der Waals surface area contributed by atoms with Gasteiger partial charge in [-0.15, -0.1) is 0 Å². The molecular weight excluding hydrogens is 159 g/mol. The van der Waals surface area contributed by atoms with E-state index in [1.165, 1.54) is 18.2 Å². The van der Waals surface area contributed by atoms with Crippen molar-refractivity contribution in [3.05, 3.63) is 23.8 Å². The molecule has 0 spiro atoms. The molecule has 0 saturated carbocycles. The first-order chi connectivity index (χ1) is 5.13. The van der Waals surface area contributed by atoms with Crippen molar-refractivity contribution in [2.24, 2.45) is 0 Å². The number of rotatable bonds is 1. The minimum atomic E-state index is -1.27. The molecule has 0 radical (unpaired) electrons. The van der Waals surface area contributed by atoms with E-state index in [9.17, 15) is 4.79 Å². The summed E-state index contributed by atoms with van der Waals surface area (Å²) < 4.78 is 0. The smallest absolute Gasteiger partial charge is 0.339 e. The van der Waals surface area contributed by atoms with Crippen LogP contribution in [-0.4, -0.2) is 29.7 Å². The van der Waals surface area contributed by atoms with Gasteiger partial charge in [-0.2, -0.15) is 0 Å². The summed E-state index contributed by atoms with van der Waals surface area (Å²) in [6.45, 7) is 0. The molecule has 1 aromatic carbocycles. The first-order valence-corrected chi connectivity index (χ1v) is 2.87. The third-order valence-electron chi connectivity index (χ3n) is 1.25. The summed E-state index contributed by atoms with van der Waals surface area (Å²) >= 11 is 0. The van der Waals surface area contributed by atoms with Gasteiger partial charge in [-0.05, 0) is 12.1 Å². The Morgan fingerprint density at radius 3 is 2.25 bits per heavy atom. The number of carboxylic acids is 1. The fourth-order valence-corrected chi connectivity index (χ4v) is 0.704. The van der Waals surface area contributed by atoms with E-state index in [1.54, 1.807) is 0 Å². The lowest BCUT2D eigenvalue weighted by Gasteiger charge is -1.99. The number of phenolic OH excluding ortho intramolecular Hbond substituents is 1. The molecule has 0 aromatic heterocycles. The lowest BCUT2D eigenvalue weighted by molar-refractivity contribution is 0.0693. The molecule has 0 bridgehead atoms. The maximum Gasteiger partial charge on any atom is 0.339 e. The Bertz CT molecular complexity index is 297. The molecule has 4 nitrogen and oxygen atoms in total. The van der Waals surface area contributed by atoms with Gasteiger partial charge in [0, 0.05) is 0 Å². The number of hydrogen-bond acceptors (Lipinski definition) is 3. The van der Waals surface area contributed by atoms with Crippen molar-refractivity contribution < 1.29 is 20.1 Å². The van der Waals surface area contributed by atoms with E-state index in [4.69, 9.17) is 15.3 Å². The van der Waals surface area contributed by atoms with Gasteiger partial charge in [0.15, 0.2) is 11.5 Å². The molecule has 0 amide bonds. The van der Waals surface area contributed by atoms with E-state index in [2.05, 4.69) is 0 Å². The van der Waals surface area contributed by atoms with Gasteiger partial charge in [0.05, 0.1) is 8.41 Å². The average molecular weight is 168 g/mol. The van der Waals surface area contributed by atoms with Crippen LogP contribution in [0.25, 0.3) is 0 Å². The first kappa shape index (κ1) is 10.4. The second-order valence-electron chi connectivity index (χ2n) is 1.98. The second-order valence-corrected chi connectivity index (χ2v) is 1.98. The minimum absolute atomic E-state index is 0. The van der Waals surface area contributed by atoms with E-state index in [0.29, 0.717) is 0 Å².